The van der Waals surface area contributed by atoms with E-state index in [2.05, 4.69) is 16.1 Å². The zero-order valence-electron chi connectivity index (χ0n) is 12.2. The molecule has 0 fully saturated rings. The SMILES string of the molecule is C[C@H](NC(=O)[C@H]1CC=CCC1)c1ccc(OC(F)(F)F)cc1. The van der Waals surface area contributed by atoms with Gasteiger partial charge in [0, 0.05) is 5.92 Å². The summed E-state index contributed by atoms with van der Waals surface area (Å²) < 4.78 is 40.1. The van der Waals surface area contributed by atoms with E-state index in [1.807, 2.05) is 6.08 Å². The van der Waals surface area contributed by atoms with Crippen LogP contribution in [0.25, 0.3) is 0 Å². The van der Waals surface area contributed by atoms with E-state index < -0.39 is 6.36 Å². The molecule has 22 heavy (non-hydrogen) atoms. The molecule has 0 radical (unpaired) electrons. The van der Waals surface area contributed by atoms with Crippen molar-refractivity contribution in [3.05, 3.63) is 42.0 Å². The monoisotopic (exact) mass is 313 g/mol. The van der Waals surface area contributed by atoms with Crippen molar-refractivity contribution in [1.29, 1.82) is 0 Å². The van der Waals surface area contributed by atoms with Gasteiger partial charge in [0.1, 0.15) is 5.75 Å². The van der Waals surface area contributed by atoms with Crippen LogP contribution in [0.3, 0.4) is 0 Å². The van der Waals surface area contributed by atoms with E-state index in [0.29, 0.717) is 0 Å². The second-order valence-electron chi connectivity index (χ2n) is 5.33. The molecule has 0 saturated carbocycles. The molecule has 120 valence electrons. The van der Waals surface area contributed by atoms with Crippen LogP contribution in [0.15, 0.2) is 36.4 Å². The molecule has 0 heterocycles. The molecule has 1 aromatic carbocycles. The summed E-state index contributed by atoms with van der Waals surface area (Å²) in [6, 6.07) is 5.27. The summed E-state index contributed by atoms with van der Waals surface area (Å²) in [7, 11) is 0. The van der Waals surface area contributed by atoms with Crippen LogP contribution in [0.5, 0.6) is 5.75 Å². The Hall–Kier alpha value is -1.98. The zero-order chi connectivity index (χ0) is 16.2. The van der Waals surface area contributed by atoms with Crippen molar-refractivity contribution in [3.8, 4) is 5.75 Å². The molecule has 3 nitrogen and oxygen atoms in total. The van der Waals surface area contributed by atoms with Crippen molar-refractivity contribution in [2.45, 2.75) is 38.6 Å². The largest absolute Gasteiger partial charge is 0.573 e. The molecule has 1 amide bonds. The maximum Gasteiger partial charge on any atom is 0.573 e. The van der Waals surface area contributed by atoms with Gasteiger partial charge in [-0.15, -0.1) is 13.2 Å². The first kappa shape index (κ1) is 16.4. The smallest absolute Gasteiger partial charge is 0.406 e. The van der Waals surface area contributed by atoms with Crippen LogP contribution in [-0.4, -0.2) is 12.3 Å². The summed E-state index contributed by atoms with van der Waals surface area (Å²) in [6.45, 7) is 1.80. The number of ether oxygens (including phenoxy) is 1. The number of halogens is 3. The van der Waals surface area contributed by atoms with Crippen molar-refractivity contribution in [2.24, 2.45) is 5.92 Å². The molecule has 0 spiro atoms. The fraction of sp³-hybridized carbons (Fsp3) is 0.438. The number of nitrogens with one attached hydrogen (secondary N) is 1. The van der Waals surface area contributed by atoms with Crippen LogP contribution in [-0.2, 0) is 4.79 Å². The Kier molecular flexibility index (Phi) is 5.11. The van der Waals surface area contributed by atoms with Crippen molar-refractivity contribution in [3.63, 3.8) is 0 Å². The quantitative estimate of drug-likeness (QED) is 0.849. The minimum atomic E-state index is -4.70. The van der Waals surface area contributed by atoms with Crippen molar-refractivity contribution in [1.82, 2.24) is 5.32 Å². The van der Waals surface area contributed by atoms with Crippen LogP contribution in [0, 0.1) is 5.92 Å². The minimum absolute atomic E-state index is 0.0209. The molecule has 1 N–H and O–H groups in total. The van der Waals surface area contributed by atoms with E-state index in [4.69, 9.17) is 0 Å². The summed E-state index contributed by atoms with van der Waals surface area (Å²) in [5.74, 6) is -0.319. The Balaban J connectivity index is 1.93. The van der Waals surface area contributed by atoms with Gasteiger partial charge in [-0.2, -0.15) is 0 Å². The molecule has 2 atom stereocenters. The van der Waals surface area contributed by atoms with Crippen molar-refractivity contribution in [2.75, 3.05) is 0 Å². The molecule has 0 bridgehead atoms. The standard InChI is InChI=1S/C16H18F3NO2/c1-11(20-15(21)13-5-3-2-4-6-13)12-7-9-14(10-8-12)22-16(17,18)19/h2-3,7-11,13H,4-6H2,1H3,(H,20,21)/t11-,13-/m0/s1. The fourth-order valence-corrected chi connectivity index (χ4v) is 2.40. The van der Waals surface area contributed by atoms with E-state index in [0.717, 1.165) is 24.8 Å². The maximum absolute atomic E-state index is 12.1. The van der Waals surface area contributed by atoms with E-state index >= 15 is 0 Å². The summed E-state index contributed by atoms with van der Waals surface area (Å²) in [4.78, 5) is 12.1. The van der Waals surface area contributed by atoms with Gasteiger partial charge < -0.3 is 10.1 Å². The van der Waals surface area contributed by atoms with E-state index in [-0.39, 0.29) is 23.6 Å². The molecule has 6 heteroatoms. The van der Waals surface area contributed by atoms with Gasteiger partial charge in [0.05, 0.1) is 6.04 Å². The first-order valence-electron chi connectivity index (χ1n) is 7.16. The number of amides is 1. The third-order valence-corrected chi connectivity index (χ3v) is 3.61. The summed E-state index contributed by atoms with van der Waals surface area (Å²) in [5.41, 5.74) is 0.731. The van der Waals surface area contributed by atoms with Crippen molar-refractivity contribution < 1.29 is 22.7 Å². The number of carbonyl (C=O) groups excluding carboxylic acids is 1. The summed E-state index contributed by atoms with van der Waals surface area (Å²) in [6.07, 6.45) is 1.82. The fourth-order valence-electron chi connectivity index (χ4n) is 2.40. The number of hydrogen-bond donors (Lipinski definition) is 1. The molecular formula is C16H18F3NO2. The first-order valence-corrected chi connectivity index (χ1v) is 7.16. The molecule has 1 aliphatic carbocycles. The lowest BCUT2D eigenvalue weighted by atomic mass is 9.93. The molecule has 1 aliphatic rings. The van der Waals surface area contributed by atoms with Gasteiger partial charge in [-0.3, -0.25) is 4.79 Å². The Bertz CT molecular complexity index is 537. The first-order chi connectivity index (χ1) is 10.3. The number of benzene rings is 1. The average molecular weight is 313 g/mol. The van der Waals surface area contributed by atoms with Gasteiger partial charge in [-0.1, -0.05) is 24.3 Å². The molecule has 0 unspecified atom stereocenters. The number of rotatable bonds is 4. The Morgan fingerprint density at radius 2 is 1.95 bits per heavy atom. The van der Waals surface area contributed by atoms with Gasteiger partial charge in [0.2, 0.25) is 5.91 Å². The summed E-state index contributed by atoms with van der Waals surface area (Å²) in [5, 5.41) is 2.90. The van der Waals surface area contributed by atoms with Crippen LogP contribution in [0.4, 0.5) is 13.2 Å². The lowest BCUT2D eigenvalue weighted by Gasteiger charge is -2.21. The van der Waals surface area contributed by atoms with Crippen LogP contribution in [0.1, 0.15) is 37.8 Å². The van der Waals surface area contributed by atoms with Crippen LogP contribution in [0.2, 0.25) is 0 Å². The maximum atomic E-state index is 12.1. The number of allylic oxidation sites excluding steroid dienone is 2. The number of alkyl halides is 3. The van der Waals surface area contributed by atoms with Gasteiger partial charge in [0.25, 0.3) is 0 Å². The van der Waals surface area contributed by atoms with Crippen molar-refractivity contribution >= 4 is 5.91 Å². The second-order valence-corrected chi connectivity index (χ2v) is 5.33. The lowest BCUT2D eigenvalue weighted by molar-refractivity contribution is -0.274. The zero-order valence-corrected chi connectivity index (χ0v) is 12.2. The third kappa shape index (κ3) is 4.79. The topological polar surface area (TPSA) is 38.3 Å². The highest BCUT2D eigenvalue weighted by molar-refractivity contribution is 5.79. The van der Waals surface area contributed by atoms with E-state index in [1.54, 1.807) is 6.92 Å². The molecule has 1 aromatic rings. The highest BCUT2D eigenvalue weighted by Gasteiger charge is 2.31. The number of hydrogen-bond acceptors (Lipinski definition) is 2. The highest BCUT2D eigenvalue weighted by atomic mass is 19.4. The highest BCUT2D eigenvalue weighted by Crippen LogP contribution is 2.25. The van der Waals surface area contributed by atoms with E-state index in [1.165, 1.54) is 24.3 Å². The predicted molar refractivity (Wildman–Crippen MR) is 76.2 cm³/mol. The van der Waals surface area contributed by atoms with Crippen LogP contribution < -0.4 is 10.1 Å². The Labute approximate surface area is 127 Å². The Morgan fingerprint density at radius 1 is 1.27 bits per heavy atom. The molecular weight excluding hydrogens is 295 g/mol. The summed E-state index contributed by atoms with van der Waals surface area (Å²) >= 11 is 0. The van der Waals surface area contributed by atoms with Gasteiger partial charge in [0.15, 0.2) is 0 Å². The van der Waals surface area contributed by atoms with Gasteiger partial charge in [-0.05, 0) is 43.9 Å². The molecule has 0 saturated heterocycles. The predicted octanol–water partition coefficient (Wildman–Crippen LogP) is 4.12. The van der Waals surface area contributed by atoms with E-state index in [9.17, 15) is 18.0 Å². The molecule has 2 rings (SSSR count). The van der Waals surface area contributed by atoms with Crippen LogP contribution >= 0.6 is 0 Å². The minimum Gasteiger partial charge on any atom is -0.406 e. The number of carbonyl (C=O) groups is 1. The lowest BCUT2D eigenvalue weighted by Crippen LogP contribution is -2.33. The third-order valence-electron chi connectivity index (χ3n) is 3.61. The molecule has 0 aromatic heterocycles. The second kappa shape index (κ2) is 6.85. The normalized spacial score (nSPS) is 19.5. The van der Waals surface area contributed by atoms with Gasteiger partial charge >= 0.3 is 6.36 Å². The Morgan fingerprint density at radius 3 is 2.50 bits per heavy atom. The molecule has 0 aliphatic heterocycles. The van der Waals surface area contributed by atoms with Gasteiger partial charge in [-0.25, -0.2) is 0 Å². The average Bonchev–Trinajstić information content (AvgIpc) is 2.47.